The van der Waals surface area contributed by atoms with E-state index in [1.54, 1.807) is 0 Å². The molecule has 8 heteroatoms. The standard InChI is InChI=1S/C13H12F3NO4/c1-7(18)17-10(12(20)21-2)11(19)8-4-3-5-9(6-8)13(14,15)16/h3-6,10H,1-2H3,(H,17,18). The molecule has 0 spiro atoms. The predicted octanol–water partition coefficient (Wildman–Crippen LogP) is 1.57. The Hall–Kier alpha value is -2.38. The van der Waals surface area contributed by atoms with Gasteiger partial charge in [-0.3, -0.25) is 9.59 Å². The number of halogens is 3. The van der Waals surface area contributed by atoms with Crippen molar-refractivity contribution in [2.45, 2.75) is 19.1 Å². The van der Waals surface area contributed by atoms with E-state index in [4.69, 9.17) is 0 Å². The number of Topliss-reactive ketones (excluding diaryl/α,β-unsaturated/α-hetero) is 1. The van der Waals surface area contributed by atoms with Crippen molar-refractivity contribution in [3.05, 3.63) is 35.4 Å². The van der Waals surface area contributed by atoms with Crippen molar-refractivity contribution in [3.8, 4) is 0 Å². The summed E-state index contributed by atoms with van der Waals surface area (Å²) in [5.41, 5.74) is -1.38. The van der Waals surface area contributed by atoms with Crippen LogP contribution >= 0.6 is 0 Å². The normalized spacial score (nSPS) is 12.4. The zero-order valence-corrected chi connectivity index (χ0v) is 11.2. The van der Waals surface area contributed by atoms with Crippen LogP contribution in [-0.4, -0.2) is 30.8 Å². The molecule has 1 N–H and O–H groups in total. The van der Waals surface area contributed by atoms with Crippen LogP contribution < -0.4 is 5.32 Å². The number of methoxy groups -OCH3 is 1. The minimum atomic E-state index is -4.62. The lowest BCUT2D eigenvalue weighted by Gasteiger charge is -2.15. The quantitative estimate of drug-likeness (QED) is 0.520. The van der Waals surface area contributed by atoms with Gasteiger partial charge >= 0.3 is 12.1 Å². The van der Waals surface area contributed by atoms with Gasteiger partial charge in [-0.1, -0.05) is 12.1 Å². The molecule has 1 atom stereocenters. The van der Waals surface area contributed by atoms with E-state index in [9.17, 15) is 27.6 Å². The molecule has 0 aromatic heterocycles. The molecule has 0 aliphatic rings. The second kappa shape index (κ2) is 6.38. The largest absolute Gasteiger partial charge is 0.467 e. The highest BCUT2D eigenvalue weighted by Gasteiger charge is 2.33. The third-order valence-electron chi connectivity index (χ3n) is 2.52. The predicted molar refractivity (Wildman–Crippen MR) is 65.4 cm³/mol. The van der Waals surface area contributed by atoms with Gasteiger partial charge in [-0.05, 0) is 12.1 Å². The molecule has 0 heterocycles. The number of hydrogen-bond acceptors (Lipinski definition) is 4. The van der Waals surface area contributed by atoms with Crippen LogP contribution in [0.15, 0.2) is 24.3 Å². The first-order chi connectivity index (χ1) is 9.66. The number of amides is 1. The molecule has 0 aliphatic carbocycles. The van der Waals surface area contributed by atoms with Gasteiger partial charge in [0.05, 0.1) is 12.7 Å². The topological polar surface area (TPSA) is 72.5 Å². The summed E-state index contributed by atoms with van der Waals surface area (Å²) in [4.78, 5) is 34.5. The fraction of sp³-hybridized carbons (Fsp3) is 0.308. The van der Waals surface area contributed by atoms with E-state index < -0.39 is 35.4 Å². The molecule has 0 saturated carbocycles. The molecular weight excluding hydrogens is 291 g/mol. The lowest BCUT2D eigenvalue weighted by Crippen LogP contribution is -2.46. The van der Waals surface area contributed by atoms with Crippen molar-refractivity contribution in [2.24, 2.45) is 0 Å². The molecule has 1 aromatic carbocycles. The van der Waals surface area contributed by atoms with Crippen LogP contribution in [0, 0.1) is 0 Å². The summed E-state index contributed by atoms with van der Waals surface area (Å²) < 4.78 is 42.1. The van der Waals surface area contributed by atoms with Crippen molar-refractivity contribution in [3.63, 3.8) is 0 Å². The number of carbonyl (C=O) groups excluding carboxylic acids is 3. The number of benzene rings is 1. The van der Waals surface area contributed by atoms with Crippen molar-refractivity contribution in [1.29, 1.82) is 0 Å². The fourth-order valence-corrected chi connectivity index (χ4v) is 1.57. The Bertz CT molecular complexity index is 569. The van der Waals surface area contributed by atoms with Crippen LogP contribution in [0.3, 0.4) is 0 Å². The number of alkyl halides is 3. The van der Waals surface area contributed by atoms with Gasteiger partial charge in [-0.25, -0.2) is 4.79 Å². The maximum Gasteiger partial charge on any atom is 0.416 e. The molecule has 0 radical (unpaired) electrons. The van der Waals surface area contributed by atoms with Gasteiger partial charge in [-0.15, -0.1) is 0 Å². The summed E-state index contributed by atoms with van der Waals surface area (Å²) >= 11 is 0. The molecule has 0 fully saturated rings. The summed E-state index contributed by atoms with van der Waals surface area (Å²) in [6, 6.07) is 1.88. The summed E-state index contributed by atoms with van der Waals surface area (Å²) in [5.74, 6) is -2.73. The lowest BCUT2D eigenvalue weighted by molar-refractivity contribution is -0.143. The lowest BCUT2D eigenvalue weighted by atomic mass is 10.0. The summed E-state index contributed by atoms with van der Waals surface area (Å²) in [6.07, 6.45) is -4.62. The van der Waals surface area contributed by atoms with E-state index in [2.05, 4.69) is 4.74 Å². The Morgan fingerprint density at radius 1 is 1.24 bits per heavy atom. The average Bonchev–Trinajstić information content (AvgIpc) is 2.42. The van der Waals surface area contributed by atoms with E-state index >= 15 is 0 Å². The zero-order valence-electron chi connectivity index (χ0n) is 11.2. The van der Waals surface area contributed by atoms with Crippen LogP contribution in [0.5, 0.6) is 0 Å². The summed E-state index contributed by atoms with van der Waals surface area (Å²) in [6.45, 7) is 1.06. The highest BCUT2D eigenvalue weighted by atomic mass is 19.4. The number of rotatable bonds is 4. The van der Waals surface area contributed by atoms with Gasteiger partial charge in [0.2, 0.25) is 5.91 Å². The maximum atomic E-state index is 12.6. The molecule has 0 bridgehead atoms. The third-order valence-corrected chi connectivity index (χ3v) is 2.52. The van der Waals surface area contributed by atoms with Gasteiger partial charge in [0.15, 0.2) is 11.8 Å². The number of ketones is 1. The second-order valence-electron chi connectivity index (χ2n) is 4.10. The van der Waals surface area contributed by atoms with E-state index in [-0.39, 0.29) is 5.56 Å². The van der Waals surface area contributed by atoms with Gasteiger partial charge in [0.25, 0.3) is 0 Å². The SMILES string of the molecule is COC(=O)C(NC(C)=O)C(=O)c1cccc(C(F)(F)F)c1. The molecule has 1 unspecified atom stereocenters. The fourth-order valence-electron chi connectivity index (χ4n) is 1.57. The number of hydrogen-bond donors (Lipinski definition) is 1. The Kier molecular flexibility index (Phi) is 5.07. The maximum absolute atomic E-state index is 12.6. The average molecular weight is 303 g/mol. The molecule has 0 saturated heterocycles. The van der Waals surface area contributed by atoms with Crippen molar-refractivity contribution in [1.82, 2.24) is 5.32 Å². The molecule has 21 heavy (non-hydrogen) atoms. The zero-order chi connectivity index (χ0) is 16.2. The Morgan fingerprint density at radius 2 is 1.86 bits per heavy atom. The van der Waals surface area contributed by atoms with Crippen LogP contribution in [0.2, 0.25) is 0 Å². The molecule has 0 aliphatic heterocycles. The van der Waals surface area contributed by atoms with Crippen molar-refractivity contribution >= 4 is 17.7 Å². The molecule has 1 rings (SSSR count). The summed E-state index contributed by atoms with van der Waals surface area (Å²) in [5, 5.41) is 2.04. The Labute approximate surface area is 118 Å². The van der Waals surface area contributed by atoms with Crippen molar-refractivity contribution in [2.75, 3.05) is 7.11 Å². The third kappa shape index (κ3) is 4.30. The first kappa shape index (κ1) is 16.7. The van der Waals surface area contributed by atoms with Gasteiger partial charge < -0.3 is 10.1 Å². The van der Waals surface area contributed by atoms with Crippen LogP contribution in [0.1, 0.15) is 22.8 Å². The van der Waals surface area contributed by atoms with E-state index in [1.165, 1.54) is 0 Å². The first-order valence-electron chi connectivity index (χ1n) is 5.73. The van der Waals surface area contributed by atoms with Gasteiger partial charge in [-0.2, -0.15) is 13.2 Å². The molecule has 1 aromatic rings. The molecule has 5 nitrogen and oxygen atoms in total. The molecule has 1 amide bonds. The van der Waals surface area contributed by atoms with Gasteiger partial charge in [0, 0.05) is 12.5 Å². The first-order valence-corrected chi connectivity index (χ1v) is 5.73. The number of carbonyl (C=O) groups is 3. The Balaban J connectivity index is 3.15. The number of nitrogens with one attached hydrogen (secondary N) is 1. The highest BCUT2D eigenvalue weighted by Crippen LogP contribution is 2.29. The highest BCUT2D eigenvalue weighted by molar-refractivity contribution is 6.13. The molecule has 114 valence electrons. The smallest absolute Gasteiger partial charge is 0.416 e. The minimum Gasteiger partial charge on any atom is -0.467 e. The molecular formula is C13H12F3NO4. The van der Waals surface area contributed by atoms with Crippen LogP contribution in [0.4, 0.5) is 13.2 Å². The monoisotopic (exact) mass is 303 g/mol. The van der Waals surface area contributed by atoms with E-state index in [0.29, 0.717) is 6.07 Å². The van der Waals surface area contributed by atoms with E-state index in [0.717, 1.165) is 32.2 Å². The van der Waals surface area contributed by atoms with Crippen molar-refractivity contribution < 1.29 is 32.3 Å². The minimum absolute atomic E-state index is 0.353. The Morgan fingerprint density at radius 3 is 2.33 bits per heavy atom. The van der Waals surface area contributed by atoms with Crippen LogP contribution in [0.25, 0.3) is 0 Å². The second-order valence-corrected chi connectivity index (χ2v) is 4.10. The van der Waals surface area contributed by atoms with E-state index in [1.807, 2.05) is 5.32 Å². The summed E-state index contributed by atoms with van der Waals surface area (Å²) in [7, 11) is 0.997. The van der Waals surface area contributed by atoms with Gasteiger partial charge in [0.1, 0.15) is 0 Å². The number of ether oxygens (including phenoxy) is 1. The van der Waals surface area contributed by atoms with Crippen LogP contribution in [-0.2, 0) is 20.5 Å². The number of esters is 1.